The maximum absolute atomic E-state index is 11.4. The largest absolute Gasteiger partial charge is 0.444 e. The lowest BCUT2D eigenvalue weighted by Crippen LogP contribution is -2.10. The van der Waals surface area contributed by atoms with Gasteiger partial charge in [-0.1, -0.05) is 47.7 Å². The minimum atomic E-state index is -0.484. The first kappa shape index (κ1) is 19.4. The Kier molecular flexibility index (Phi) is 5.58. The van der Waals surface area contributed by atoms with Crippen LogP contribution in [0.15, 0.2) is 72.9 Å². The van der Waals surface area contributed by atoms with Gasteiger partial charge < -0.3 is 21.1 Å². The molecule has 0 atom stereocenters. The van der Waals surface area contributed by atoms with Gasteiger partial charge in [-0.2, -0.15) is 0 Å². The predicted molar refractivity (Wildman–Crippen MR) is 120 cm³/mol. The molecule has 0 fully saturated rings. The van der Waals surface area contributed by atoms with Gasteiger partial charge in [0.25, 0.3) is 0 Å². The SMILES string of the molecule is CNc1nc(-c2ccccc2)c(Oc2ccnc(Nc3cccc(C(N)=O)c3)c2)s1. The molecule has 150 valence electrons. The van der Waals surface area contributed by atoms with Crippen LogP contribution in [0.4, 0.5) is 16.6 Å². The molecule has 7 nitrogen and oxygen atoms in total. The van der Waals surface area contributed by atoms with Crippen LogP contribution in [-0.2, 0) is 0 Å². The Balaban J connectivity index is 1.59. The average Bonchev–Trinajstić information content (AvgIpc) is 3.17. The second-order valence-corrected chi connectivity index (χ2v) is 7.28. The van der Waals surface area contributed by atoms with Gasteiger partial charge in [-0.05, 0) is 24.3 Å². The number of benzene rings is 2. The summed E-state index contributed by atoms with van der Waals surface area (Å²) in [5, 5.41) is 7.67. The molecule has 4 rings (SSSR count). The van der Waals surface area contributed by atoms with E-state index < -0.39 is 5.91 Å². The van der Waals surface area contributed by atoms with Crippen LogP contribution >= 0.6 is 11.3 Å². The summed E-state index contributed by atoms with van der Waals surface area (Å²) in [5.41, 5.74) is 8.22. The van der Waals surface area contributed by atoms with Crippen molar-refractivity contribution in [1.29, 1.82) is 0 Å². The number of rotatable bonds is 7. The number of amides is 1. The Morgan fingerprint density at radius 3 is 2.67 bits per heavy atom. The normalized spacial score (nSPS) is 10.4. The van der Waals surface area contributed by atoms with Gasteiger partial charge in [0.15, 0.2) is 5.13 Å². The van der Waals surface area contributed by atoms with E-state index in [4.69, 9.17) is 10.5 Å². The Morgan fingerprint density at radius 2 is 1.90 bits per heavy atom. The number of primary amides is 1. The van der Waals surface area contributed by atoms with E-state index in [1.807, 2.05) is 43.4 Å². The lowest BCUT2D eigenvalue weighted by Gasteiger charge is -2.09. The van der Waals surface area contributed by atoms with E-state index in [0.29, 0.717) is 27.9 Å². The third-order valence-corrected chi connectivity index (χ3v) is 5.17. The topological polar surface area (TPSA) is 102 Å². The predicted octanol–water partition coefficient (Wildman–Crippen LogP) is 4.88. The van der Waals surface area contributed by atoms with E-state index in [9.17, 15) is 4.79 Å². The summed E-state index contributed by atoms with van der Waals surface area (Å²) in [6.07, 6.45) is 1.65. The van der Waals surface area contributed by atoms with Crippen LogP contribution < -0.4 is 21.1 Å². The second kappa shape index (κ2) is 8.62. The molecule has 0 saturated carbocycles. The third-order valence-electron chi connectivity index (χ3n) is 4.22. The van der Waals surface area contributed by atoms with Gasteiger partial charge in [0, 0.05) is 36.1 Å². The molecule has 0 bridgehead atoms. The molecule has 0 aliphatic rings. The molecule has 1 amide bonds. The number of carbonyl (C=O) groups excluding carboxylic acids is 1. The van der Waals surface area contributed by atoms with Crippen molar-refractivity contribution in [3.63, 3.8) is 0 Å². The first-order chi connectivity index (χ1) is 14.6. The van der Waals surface area contributed by atoms with Crippen molar-refractivity contribution < 1.29 is 9.53 Å². The van der Waals surface area contributed by atoms with Crippen molar-refractivity contribution in [2.24, 2.45) is 5.73 Å². The molecule has 4 aromatic rings. The highest BCUT2D eigenvalue weighted by molar-refractivity contribution is 7.17. The number of ether oxygens (including phenoxy) is 1. The number of carbonyl (C=O) groups is 1. The van der Waals surface area contributed by atoms with E-state index in [2.05, 4.69) is 20.6 Å². The minimum Gasteiger partial charge on any atom is -0.444 e. The first-order valence-electron chi connectivity index (χ1n) is 9.17. The zero-order valence-corrected chi connectivity index (χ0v) is 16.9. The monoisotopic (exact) mass is 417 g/mol. The number of aromatic nitrogens is 2. The zero-order valence-electron chi connectivity index (χ0n) is 16.1. The van der Waals surface area contributed by atoms with Gasteiger partial charge >= 0.3 is 0 Å². The lowest BCUT2D eigenvalue weighted by molar-refractivity contribution is 0.100. The minimum absolute atomic E-state index is 0.421. The van der Waals surface area contributed by atoms with E-state index in [1.165, 1.54) is 11.3 Å². The lowest BCUT2D eigenvalue weighted by atomic mass is 10.2. The number of anilines is 3. The quantitative estimate of drug-likeness (QED) is 0.396. The number of hydrogen-bond acceptors (Lipinski definition) is 7. The summed E-state index contributed by atoms with van der Waals surface area (Å²) >= 11 is 1.43. The van der Waals surface area contributed by atoms with Gasteiger partial charge in [0.05, 0.1) is 0 Å². The zero-order chi connectivity index (χ0) is 20.9. The summed E-state index contributed by atoms with van der Waals surface area (Å²) in [6.45, 7) is 0. The molecule has 0 saturated heterocycles. The average molecular weight is 417 g/mol. The van der Waals surface area contributed by atoms with Gasteiger partial charge in [0.2, 0.25) is 11.0 Å². The number of thiazole rings is 1. The fraction of sp³-hybridized carbons (Fsp3) is 0.0455. The highest BCUT2D eigenvalue weighted by Crippen LogP contribution is 2.40. The van der Waals surface area contributed by atoms with Crippen LogP contribution in [0.3, 0.4) is 0 Å². The Bertz CT molecular complexity index is 1180. The van der Waals surface area contributed by atoms with Crippen LogP contribution in [-0.4, -0.2) is 22.9 Å². The molecule has 30 heavy (non-hydrogen) atoms. The van der Waals surface area contributed by atoms with Crippen LogP contribution in [0, 0.1) is 0 Å². The van der Waals surface area contributed by atoms with Crippen LogP contribution in [0.5, 0.6) is 10.8 Å². The highest BCUT2D eigenvalue weighted by atomic mass is 32.1. The maximum Gasteiger partial charge on any atom is 0.248 e. The number of nitrogens with zero attached hydrogens (tertiary/aromatic N) is 2. The summed E-state index contributed by atoms with van der Waals surface area (Å²) in [6, 6.07) is 20.4. The third kappa shape index (κ3) is 4.39. The van der Waals surface area contributed by atoms with E-state index in [0.717, 1.165) is 16.4 Å². The number of pyridine rings is 1. The van der Waals surface area contributed by atoms with Gasteiger partial charge in [-0.25, -0.2) is 9.97 Å². The van der Waals surface area contributed by atoms with Gasteiger partial charge in [-0.15, -0.1) is 0 Å². The van der Waals surface area contributed by atoms with Crippen LogP contribution in [0.25, 0.3) is 11.3 Å². The molecule has 2 heterocycles. The Labute approximate surface area is 177 Å². The first-order valence-corrected chi connectivity index (χ1v) is 9.99. The molecule has 2 aromatic heterocycles. The van der Waals surface area contributed by atoms with Gasteiger partial charge in [-0.3, -0.25) is 4.79 Å². The summed E-state index contributed by atoms with van der Waals surface area (Å²) in [5.74, 6) is 0.707. The Hall–Kier alpha value is -3.91. The smallest absolute Gasteiger partial charge is 0.248 e. The molecule has 0 unspecified atom stereocenters. The van der Waals surface area contributed by atoms with Crippen molar-refractivity contribution in [3.8, 4) is 22.1 Å². The molecule has 8 heteroatoms. The van der Waals surface area contributed by atoms with Crippen molar-refractivity contribution in [2.45, 2.75) is 0 Å². The molecule has 2 aromatic carbocycles. The van der Waals surface area contributed by atoms with Gasteiger partial charge in [0.1, 0.15) is 17.3 Å². The van der Waals surface area contributed by atoms with E-state index >= 15 is 0 Å². The number of hydrogen-bond donors (Lipinski definition) is 3. The van der Waals surface area contributed by atoms with Crippen LogP contribution in [0.2, 0.25) is 0 Å². The van der Waals surface area contributed by atoms with E-state index in [1.54, 1.807) is 36.5 Å². The molecule has 0 aliphatic heterocycles. The Morgan fingerprint density at radius 1 is 1.07 bits per heavy atom. The summed E-state index contributed by atoms with van der Waals surface area (Å²) in [4.78, 5) is 20.3. The molecular formula is C22H19N5O2S. The fourth-order valence-electron chi connectivity index (χ4n) is 2.81. The summed E-state index contributed by atoms with van der Waals surface area (Å²) < 4.78 is 6.15. The molecule has 0 spiro atoms. The molecular weight excluding hydrogens is 398 g/mol. The van der Waals surface area contributed by atoms with E-state index in [-0.39, 0.29) is 0 Å². The fourth-order valence-corrected chi connectivity index (χ4v) is 3.62. The van der Waals surface area contributed by atoms with Crippen LogP contribution in [0.1, 0.15) is 10.4 Å². The standard InChI is InChI=1S/C22H19N5O2S/c1-24-22-27-19(14-6-3-2-4-7-14)21(30-22)29-17-10-11-25-18(13-17)26-16-9-5-8-15(12-16)20(23)28/h2-13H,1H3,(H2,23,28)(H,24,27)(H,25,26). The number of nitrogens with two attached hydrogens (primary N) is 1. The maximum atomic E-state index is 11.4. The van der Waals surface area contributed by atoms with Crippen molar-refractivity contribution in [3.05, 3.63) is 78.5 Å². The van der Waals surface area contributed by atoms with Crippen molar-refractivity contribution >= 4 is 33.9 Å². The highest BCUT2D eigenvalue weighted by Gasteiger charge is 2.15. The number of nitrogens with one attached hydrogen (secondary N) is 2. The molecule has 0 aliphatic carbocycles. The molecule has 0 radical (unpaired) electrons. The molecule has 4 N–H and O–H groups in total. The van der Waals surface area contributed by atoms with Crippen molar-refractivity contribution in [2.75, 3.05) is 17.7 Å². The van der Waals surface area contributed by atoms with Crippen molar-refractivity contribution in [1.82, 2.24) is 9.97 Å². The summed E-state index contributed by atoms with van der Waals surface area (Å²) in [7, 11) is 1.83. The second-order valence-electron chi connectivity index (χ2n) is 6.32.